The van der Waals surface area contributed by atoms with Crippen LogP contribution in [-0.2, 0) is 12.6 Å². The monoisotopic (exact) mass is 377 g/mol. The van der Waals surface area contributed by atoms with Crippen LogP contribution in [0.15, 0.2) is 40.2 Å². The van der Waals surface area contributed by atoms with E-state index in [0.717, 1.165) is 22.0 Å². The largest absolute Gasteiger partial charge is 0.416 e. The molecule has 0 radical (unpaired) electrons. The van der Waals surface area contributed by atoms with E-state index in [4.69, 9.17) is 0 Å². The average molecular weight is 378 g/mol. The molecule has 21 heavy (non-hydrogen) atoms. The Morgan fingerprint density at radius 3 is 2.62 bits per heavy atom. The molecular weight excluding hydrogens is 363 g/mol. The van der Waals surface area contributed by atoms with E-state index < -0.39 is 11.7 Å². The zero-order valence-corrected chi connectivity index (χ0v) is 13.8. The molecule has 6 heteroatoms. The third-order valence-corrected chi connectivity index (χ3v) is 4.88. The van der Waals surface area contributed by atoms with Crippen molar-refractivity contribution in [1.29, 1.82) is 0 Å². The van der Waals surface area contributed by atoms with Gasteiger partial charge in [-0.3, -0.25) is 0 Å². The predicted octanol–water partition coefficient (Wildman–Crippen LogP) is 5.42. The normalized spacial score (nSPS) is 13.4. The van der Waals surface area contributed by atoms with Gasteiger partial charge in [0.05, 0.1) is 5.56 Å². The van der Waals surface area contributed by atoms with Crippen molar-refractivity contribution in [2.75, 3.05) is 6.54 Å². The van der Waals surface area contributed by atoms with Gasteiger partial charge in [-0.05, 0) is 46.6 Å². The Labute approximate surface area is 134 Å². The summed E-state index contributed by atoms with van der Waals surface area (Å²) in [4.78, 5) is 1.11. The first-order valence-corrected chi connectivity index (χ1v) is 8.21. The minimum Gasteiger partial charge on any atom is -0.309 e. The second-order valence-corrected chi connectivity index (χ2v) is 6.54. The summed E-state index contributed by atoms with van der Waals surface area (Å²) in [6.45, 7) is 2.75. The highest BCUT2D eigenvalue weighted by Crippen LogP contribution is 2.32. The lowest BCUT2D eigenvalue weighted by Gasteiger charge is -2.17. The number of hydrogen-bond acceptors (Lipinski definition) is 2. The van der Waals surface area contributed by atoms with E-state index in [1.54, 1.807) is 17.4 Å². The maximum absolute atomic E-state index is 12.8. The lowest BCUT2D eigenvalue weighted by atomic mass is 10.0. The summed E-state index contributed by atoms with van der Waals surface area (Å²) >= 11 is 5.00. The fraction of sp³-hybridized carbons (Fsp3) is 0.333. The number of alkyl halides is 3. The highest BCUT2D eigenvalue weighted by Gasteiger charge is 2.30. The number of benzene rings is 1. The molecule has 1 aromatic carbocycles. The number of hydrogen-bond donors (Lipinski definition) is 1. The van der Waals surface area contributed by atoms with Crippen LogP contribution in [0.4, 0.5) is 13.2 Å². The van der Waals surface area contributed by atoms with Crippen molar-refractivity contribution in [2.45, 2.75) is 25.6 Å². The maximum Gasteiger partial charge on any atom is 0.416 e. The summed E-state index contributed by atoms with van der Waals surface area (Å²) in [7, 11) is 0. The molecule has 114 valence electrons. The van der Waals surface area contributed by atoms with Gasteiger partial charge in [-0.2, -0.15) is 13.2 Å². The van der Waals surface area contributed by atoms with Crippen LogP contribution in [0.5, 0.6) is 0 Å². The molecule has 0 saturated heterocycles. The third-order valence-electron chi connectivity index (χ3n) is 3.08. The zero-order chi connectivity index (χ0) is 15.5. The SMILES string of the molecule is CCNC(Cc1cccc(C(F)(F)F)c1)c1cc(Br)cs1. The zero-order valence-electron chi connectivity index (χ0n) is 11.4. The average Bonchev–Trinajstić information content (AvgIpc) is 2.84. The molecule has 0 amide bonds. The summed E-state index contributed by atoms with van der Waals surface area (Å²) in [6, 6.07) is 7.56. The van der Waals surface area contributed by atoms with Crippen molar-refractivity contribution < 1.29 is 13.2 Å². The Hall–Kier alpha value is -0.850. The minimum atomic E-state index is -4.30. The van der Waals surface area contributed by atoms with Crippen molar-refractivity contribution in [2.24, 2.45) is 0 Å². The van der Waals surface area contributed by atoms with Gasteiger partial charge in [-0.15, -0.1) is 11.3 Å². The van der Waals surface area contributed by atoms with E-state index in [-0.39, 0.29) is 6.04 Å². The first-order valence-electron chi connectivity index (χ1n) is 6.53. The highest BCUT2D eigenvalue weighted by atomic mass is 79.9. The third kappa shape index (κ3) is 4.56. The number of nitrogens with one attached hydrogen (secondary N) is 1. The van der Waals surface area contributed by atoms with Crippen molar-refractivity contribution in [3.05, 3.63) is 56.2 Å². The smallest absolute Gasteiger partial charge is 0.309 e. The van der Waals surface area contributed by atoms with Gasteiger partial charge >= 0.3 is 6.18 Å². The summed E-state index contributed by atoms with van der Waals surface area (Å²) in [5.41, 5.74) is 0.0860. The molecule has 1 aromatic heterocycles. The Kier molecular flexibility index (Phi) is 5.46. The second kappa shape index (κ2) is 6.94. The quantitative estimate of drug-likeness (QED) is 0.732. The number of thiophene rings is 1. The molecule has 1 heterocycles. The van der Waals surface area contributed by atoms with Gasteiger partial charge in [0.1, 0.15) is 0 Å². The van der Waals surface area contributed by atoms with E-state index in [1.807, 2.05) is 18.4 Å². The van der Waals surface area contributed by atoms with E-state index in [9.17, 15) is 13.2 Å². The van der Waals surface area contributed by atoms with E-state index >= 15 is 0 Å². The number of halogens is 4. The Morgan fingerprint density at radius 2 is 2.05 bits per heavy atom. The lowest BCUT2D eigenvalue weighted by Crippen LogP contribution is -2.22. The fourth-order valence-corrected chi connectivity index (χ4v) is 3.66. The van der Waals surface area contributed by atoms with Gasteiger partial charge in [0.2, 0.25) is 0 Å². The molecule has 1 unspecified atom stereocenters. The minimum absolute atomic E-state index is 0.0229. The molecule has 0 fully saturated rings. The van der Waals surface area contributed by atoms with Gasteiger partial charge in [0.15, 0.2) is 0 Å². The molecule has 2 aromatic rings. The highest BCUT2D eigenvalue weighted by molar-refractivity contribution is 9.10. The van der Waals surface area contributed by atoms with Crippen LogP contribution in [0.2, 0.25) is 0 Å². The first kappa shape index (κ1) is 16.5. The standard InChI is InChI=1S/C15H15BrF3NS/c1-2-20-13(14-8-12(16)9-21-14)7-10-4-3-5-11(6-10)15(17,18)19/h3-6,8-9,13,20H,2,7H2,1H3. The van der Waals surface area contributed by atoms with Crippen LogP contribution in [0.25, 0.3) is 0 Å². The van der Waals surface area contributed by atoms with Crippen LogP contribution in [-0.4, -0.2) is 6.54 Å². The van der Waals surface area contributed by atoms with Crippen LogP contribution in [0.1, 0.15) is 29.0 Å². The summed E-state index contributed by atoms with van der Waals surface area (Å²) < 4.78 is 39.3. The van der Waals surface area contributed by atoms with E-state index in [2.05, 4.69) is 21.2 Å². The van der Waals surface area contributed by atoms with E-state index in [0.29, 0.717) is 12.0 Å². The molecule has 0 aliphatic heterocycles. The molecule has 1 nitrogen and oxygen atoms in total. The fourth-order valence-electron chi connectivity index (χ4n) is 2.14. The number of likely N-dealkylation sites (N-methyl/N-ethyl adjacent to an activating group) is 1. The van der Waals surface area contributed by atoms with Gasteiger partial charge in [0, 0.05) is 20.8 Å². The van der Waals surface area contributed by atoms with Crippen molar-refractivity contribution in [1.82, 2.24) is 5.32 Å². The lowest BCUT2D eigenvalue weighted by molar-refractivity contribution is -0.137. The summed E-state index contributed by atoms with van der Waals surface area (Å²) in [5.74, 6) is 0. The van der Waals surface area contributed by atoms with Gasteiger partial charge in [-0.25, -0.2) is 0 Å². The topological polar surface area (TPSA) is 12.0 Å². The summed E-state index contributed by atoms with van der Waals surface area (Å²) in [6.07, 6.45) is -3.76. The molecule has 0 aliphatic carbocycles. The molecule has 1 N–H and O–H groups in total. The Balaban J connectivity index is 2.21. The predicted molar refractivity (Wildman–Crippen MR) is 83.6 cm³/mol. The molecular formula is C15H15BrF3NS. The Bertz CT molecular complexity index is 595. The molecule has 2 rings (SSSR count). The molecule has 0 spiro atoms. The van der Waals surface area contributed by atoms with Crippen molar-refractivity contribution >= 4 is 27.3 Å². The molecule has 1 atom stereocenters. The Morgan fingerprint density at radius 1 is 1.29 bits per heavy atom. The maximum atomic E-state index is 12.8. The second-order valence-electron chi connectivity index (χ2n) is 4.68. The van der Waals surface area contributed by atoms with Crippen molar-refractivity contribution in [3.8, 4) is 0 Å². The molecule has 0 bridgehead atoms. The molecule has 0 saturated carbocycles. The van der Waals surface area contributed by atoms with Gasteiger partial charge in [-0.1, -0.05) is 25.1 Å². The number of rotatable bonds is 5. The van der Waals surface area contributed by atoms with Crippen LogP contribution < -0.4 is 5.32 Å². The van der Waals surface area contributed by atoms with Crippen LogP contribution in [0.3, 0.4) is 0 Å². The van der Waals surface area contributed by atoms with Crippen LogP contribution >= 0.6 is 27.3 Å². The molecule has 0 aliphatic rings. The van der Waals surface area contributed by atoms with Crippen LogP contribution in [0, 0.1) is 0 Å². The van der Waals surface area contributed by atoms with Gasteiger partial charge < -0.3 is 5.32 Å². The summed E-state index contributed by atoms with van der Waals surface area (Å²) in [5, 5.41) is 5.31. The van der Waals surface area contributed by atoms with Crippen molar-refractivity contribution in [3.63, 3.8) is 0 Å². The van der Waals surface area contributed by atoms with E-state index in [1.165, 1.54) is 12.1 Å². The van der Waals surface area contributed by atoms with Gasteiger partial charge in [0.25, 0.3) is 0 Å². The first-order chi connectivity index (χ1) is 9.90.